The summed E-state index contributed by atoms with van der Waals surface area (Å²) in [5.41, 5.74) is 1.15. The fourth-order valence-electron chi connectivity index (χ4n) is 1.69. The number of thioether (sulfide) groups is 1. The summed E-state index contributed by atoms with van der Waals surface area (Å²) in [6, 6.07) is 5.98. The number of rotatable bonds is 4. The molecule has 2 rings (SSSR count). The minimum absolute atomic E-state index is 0.158. The number of benzene rings is 1. The molecule has 0 radical (unpaired) electrons. The Hall–Kier alpha value is -2.33. The number of imidazole rings is 1. The first kappa shape index (κ1) is 14.1. The van der Waals surface area contributed by atoms with Crippen LogP contribution in [0.2, 0.25) is 0 Å². The van der Waals surface area contributed by atoms with Gasteiger partial charge in [-0.1, -0.05) is 11.8 Å². The van der Waals surface area contributed by atoms with Crippen molar-refractivity contribution in [1.82, 2.24) is 9.55 Å². The molecule has 0 aliphatic rings. The number of hydrogen-bond donors (Lipinski definition) is 1. The van der Waals surface area contributed by atoms with Crippen LogP contribution in [0.15, 0.2) is 29.6 Å². The SMILES string of the molecule is Cc1cnc(SCC(=O)O)n1-c1ccc(C#N)cc1F. The standard InChI is InChI=1S/C13H10FN3O2S/c1-8-6-16-13(20-7-12(18)19)17(8)11-3-2-9(5-15)4-10(11)14/h2-4,6H,7H2,1H3,(H,18,19). The summed E-state index contributed by atoms with van der Waals surface area (Å²) in [5.74, 6) is -1.68. The molecule has 1 heterocycles. The zero-order valence-electron chi connectivity index (χ0n) is 10.5. The number of nitrogens with zero attached hydrogens (tertiary/aromatic N) is 3. The van der Waals surface area contributed by atoms with Crippen molar-refractivity contribution < 1.29 is 14.3 Å². The summed E-state index contributed by atoms with van der Waals surface area (Å²) in [4.78, 5) is 14.7. The molecule has 5 nitrogen and oxygen atoms in total. The smallest absolute Gasteiger partial charge is 0.313 e. The van der Waals surface area contributed by atoms with Gasteiger partial charge in [-0.2, -0.15) is 5.26 Å². The van der Waals surface area contributed by atoms with Gasteiger partial charge in [0, 0.05) is 11.9 Å². The Labute approximate surface area is 118 Å². The zero-order valence-corrected chi connectivity index (χ0v) is 11.3. The highest BCUT2D eigenvalue weighted by Gasteiger charge is 2.14. The van der Waals surface area contributed by atoms with Gasteiger partial charge in [0.1, 0.15) is 5.82 Å². The number of carboxylic acid groups (broad SMARTS) is 1. The monoisotopic (exact) mass is 291 g/mol. The maximum absolute atomic E-state index is 14.0. The van der Waals surface area contributed by atoms with Crippen molar-refractivity contribution in [2.24, 2.45) is 0 Å². The van der Waals surface area contributed by atoms with Gasteiger partial charge in [0.05, 0.1) is 23.1 Å². The summed E-state index contributed by atoms with van der Waals surface area (Å²) in [5, 5.41) is 17.8. The van der Waals surface area contributed by atoms with E-state index in [1.165, 1.54) is 16.7 Å². The molecule has 0 atom stereocenters. The van der Waals surface area contributed by atoms with Crippen LogP contribution in [-0.4, -0.2) is 26.4 Å². The Morgan fingerprint density at radius 3 is 2.95 bits per heavy atom. The average Bonchev–Trinajstić information content (AvgIpc) is 2.77. The third-order valence-electron chi connectivity index (χ3n) is 2.55. The van der Waals surface area contributed by atoms with Gasteiger partial charge in [0.2, 0.25) is 0 Å². The van der Waals surface area contributed by atoms with E-state index in [-0.39, 0.29) is 17.0 Å². The fraction of sp³-hybridized carbons (Fsp3) is 0.154. The largest absolute Gasteiger partial charge is 0.481 e. The average molecular weight is 291 g/mol. The number of hydrogen-bond acceptors (Lipinski definition) is 4. The van der Waals surface area contributed by atoms with Crippen molar-refractivity contribution in [3.63, 3.8) is 0 Å². The van der Waals surface area contributed by atoms with E-state index in [0.717, 1.165) is 17.8 Å². The van der Waals surface area contributed by atoms with Crippen LogP contribution < -0.4 is 0 Å². The molecule has 20 heavy (non-hydrogen) atoms. The van der Waals surface area contributed by atoms with Gasteiger partial charge in [-0.05, 0) is 25.1 Å². The second kappa shape index (κ2) is 5.75. The summed E-state index contributed by atoms with van der Waals surface area (Å²) >= 11 is 1.01. The van der Waals surface area contributed by atoms with Crippen LogP contribution in [0.25, 0.3) is 5.69 Å². The quantitative estimate of drug-likeness (QED) is 0.875. The lowest BCUT2D eigenvalue weighted by Crippen LogP contribution is -2.04. The van der Waals surface area contributed by atoms with Gasteiger partial charge >= 0.3 is 5.97 Å². The van der Waals surface area contributed by atoms with Gasteiger partial charge in [0.25, 0.3) is 0 Å². The Morgan fingerprint density at radius 2 is 2.35 bits per heavy atom. The lowest BCUT2D eigenvalue weighted by atomic mass is 10.2. The molecule has 0 saturated carbocycles. The van der Waals surface area contributed by atoms with Crippen molar-refractivity contribution in [1.29, 1.82) is 5.26 Å². The highest BCUT2D eigenvalue weighted by Crippen LogP contribution is 2.25. The Kier molecular flexibility index (Phi) is 4.05. The first-order valence-electron chi connectivity index (χ1n) is 5.62. The number of nitriles is 1. The van der Waals surface area contributed by atoms with E-state index in [0.29, 0.717) is 10.9 Å². The molecule has 7 heteroatoms. The highest BCUT2D eigenvalue weighted by molar-refractivity contribution is 7.99. The third kappa shape index (κ3) is 2.81. The predicted octanol–water partition coefficient (Wildman–Crippen LogP) is 2.37. The van der Waals surface area contributed by atoms with Crippen LogP contribution in [0, 0.1) is 24.1 Å². The van der Waals surface area contributed by atoms with Crippen LogP contribution in [0.1, 0.15) is 11.3 Å². The third-order valence-corrected chi connectivity index (χ3v) is 3.49. The minimum Gasteiger partial charge on any atom is -0.481 e. The lowest BCUT2D eigenvalue weighted by Gasteiger charge is -2.10. The first-order chi connectivity index (χ1) is 9.52. The molecule has 0 fully saturated rings. The Bertz CT molecular complexity index is 706. The summed E-state index contributed by atoms with van der Waals surface area (Å²) in [7, 11) is 0. The number of aliphatic carboxylic acids is 1. The van der Waals surface area contributed by atoms with Gasteiger partial charge in [-0.15, -0.1) is 0 Å². The van der Waals surface area contributed by atoms with Gasteiger partial charge < -0.3 is 5.11 Å². The molecule has 0 aliphatic heterocycles. The lowest BCUT2D eigenvalue weighted by molar-refractivity contribution is -0.133. The van der Waals surface area contributed by atoms with Gasteiger partial charge in [-0.25, -0.2) is 9.37 Å². The van der Waals surface area contributed by atoms with E-state index in [4.69, 9.17) is 10.4 Å². The number of aryl methyl sites for hydroxylation is 1. The van der Waals surface area contributed by atoms with Crippen molar-refractivity contribution in [2.75, 3.05) is 5.75 Å². The Morgan fingerprint density at radius 1 is 1.60 bits per heavy atom. The maximum atomic E-state index is 14.0. The van der Waals surface area contributed by atoms with E-state index in [1.807, 2.05) is 6.07 Å². The molecule has 0 saturated heterocycles. The van der Waals surface area contributed by atoms with Crippen molar-refractivity contribution in [3.05, 3.63) is 41.5 Å². The molecule has 0 spiro atoms. The van der Waals surface area contributed by atoms with Crippen LogP contribution >= 0.6 is 11.8 Å². The molecule has 102 valence electrons. The number of aromatic nitrogens is 2. The summed E-state index contributed by atoms with van der Waals surface area (Å²) in [6.45, 7) is 1.75. The molecule has 0 bridgehead atoms. The first-order valence-corrected chi connectivity index (χ1v) is 6.60. The van der Waals surface area contributed by atoms with E-state index < -0.39 is 11.8 Å². The van der Waals surface area contributed by atoms with Crippen LogP contribution in [0.5, 0.6) is 0 Å². The van der Waals surface area contributed by atoms with Crippen LogP contribution in [0.4, 0.5) is 4.39 Å². The van der Waals surface area contributed by atoms with E-state index in [2.05, 4.69) is 4.98 Å². The molecule has 1 N–H and O–H groups in total. The van der Waals surface area contributed by atoms with Crippen molar-refractivity contribution in [3.8, 4) is 11.8 Å². The number of carbonyl (C=O) groups is 1. The van der Waals surface area contributed by atoms with Gasteiger partial charge in [-0.3, -0.25) is 9.36 Å². The van der Waals surface area contributed by atoms with E-state index in [1.54, 1.807) is 13.1 Å². The molecule has 0 amide bonds. The molecule has 0 aliphatic carbocycles. The maximum Gasteiger partial charge on any atom is 0.313 e. The van der Waals surface area contributed by atoms with E-state index in [9.17, 15) is 9.18 Å². The van der Waals surface area contributed by atoms with E-state index >= 15 is 0 Å². The fourth-order valence-corrected chi connectivity index (χ4v) is 2.45. The molecular formula is C13H10FN3O2S. The number of halogens is 1. The molecule has 0 unspecified atom stereocenters. The number of carboxylic acids is 1. The molecule has 2 aromatic rings. The van der Waals surface area contributed by atoms with Crippen molar-refractivity contribution >= 4 is 17.7 Å². The molecular weight excluding hydrogens is 281 g/mol. The second-order valence-electron chi connectivity index (χ2n) is 3.98. The van der Waals surface area contributed by atoms with Crippen LogP contribution in [0.3, 0.4) is 0 Å². The van der Waals surface area contributed by atoms with Crippen molar-refractivity contribution in [2.45, 2.75) is 12.1 Å². The minimum atomic E-state index is -0.970. The second-order valence-corrected chi connectivity index (χ2v) is 4.92. The normalized spacial score (nSPS) is 10.2. The Balaban J connectivity index is 2.44. The molecule has 1 aromatic heterocycles. The predicted molar refractivity (Wildman–Crippen MR) is 71.3 cm³/mol. The zero-order chi connectivity index (χ0) is 14.7. The highest BCUT2D eigenvalue weighted by atomic mass is 32.2. The summed E-state index contributed by atoms with van der Waals surface area (Å²) < 4.78 is 15.6. The molecule has 1 aromatic carbocycles. The summed E-state index contributed by atoms with van der Waals surface area (Å²) in [6.07, 6.45) is 1.54. The van der Waals surface area contributed by atoms with Crippen LogP contribution in [-0.2, 0) is 4.79 Å². The topological polar surface area (TPSA) is 78.9 Å². The van der Waals surface area contributed by atoms with Gasteiger partial charge in [0.15, 0.2) is 5.16 Å².